The summed E-state index contributed by atoms with van der Waals surface area (Å²) in [5.74, 6) is -0.340. The van der Waals surface area contributed by atoms with Crippen molar-refractivity contribution in [3.8, 4) is 21.9 Å². The summed E-state index contributed by atoms with van der Waals surface area (Å²) in [5, 5.41) is 3.35. The zero-order valence-electron chi connectivity index (χ0n) is 23.0. The largest absolute Gasteiger partial charge is 0.453 e. The van der Waals surface area contributed by atoms with Gasteiger partial charge in [0.15, 0.2) is 11.6 Å². The Balaban J connectivity index is 1.23. The maximum absolute atomic E-state index is 15.1. The molecular weight excluding hydrogens is 573 g/mol. The number of fused-ring (bicyclic) bond motifs is 1. The van der Waals surface area contributed by atoms with E-state index in [2.05, 4.69) is 22.2 Å². The van der Waals surface area contributed by atoms with Gasteiger partial charge in [-0.25, -0.2) is 8.78 Å². The van der Waals surface area contributed by atoms with Crippen LogP contribution in [-0.4, -0.2) is 27.2 Å². The second-order valence-corrected chi connectivity index (χ2v) is 11.6. The van der Waals surface area contributed by atoms with E-state index >= 15 is 4.39 Å². The number of nitrogens with zero attached hydrogens (tertiary/aromatic N) is 2. The minimum Gasteiger partial charge on any atom is -0.453 e. The zero-order chi connectivity index (χ0) is 29.5. The van der Waals surface area contributed by atoms with Crippen LogP contribution in [0.4, 0.5) is 8.78 Å². The number of carbonyl (C=O) groups excluding carboxylic acids is 1. The molecule has 5 aromatic rings. The molecule has 9 heteroatoms. The molecule has 0 saturated heterocycles. The quantitative estimate of drug-likeness (QED) is 0.109. The lowest BCUT2D eigenvalue weighted by atomic mass is 10.0. The number of Topliss-reactive ketones (excluding diaryl/α,β-unsaturated/α-hetero) is 1. The van der Waals surface area contributed by atoms with Crippen molar-refractivity contribution in [2.45, 2.75) is 39.2 Å². The van der Waals surface area contributed by atoms with Crippen LogP contribution >= 0.6 is 23.6 Å². The van der Waals surface area contributed by atoms with Crippen molar-refractivity contribution in [3.63, 3.8) is 0 Å². The molecule has 0 radical (unpaired) electrons. The molecule has 42 heavy (non-hydrogen) atoms. The van der Waals surface area contributed by atoms with Crippen LogP contribution in [0.2, 0.25) is 0 Å². The highest BCUT2D eigenvalue weighted by Crippen LogP contribution is 2.39. The molecule has 0 aliphatic carbocycles. The van der Waals surface area contributed by atoms with Gasteiger partial charge in [0, 0.05) is 59.6 Å². The highest BCUT2D eigenvalue weighted by Gasteiger charge is 2.15. The van der Waals surface area contributed by atoms with Crippen molar-refractivity contribution in [2.75, 3.05) is 6.54 Å². The van der Waals surface area contributed by atoms with E-state index in [1.54, 1.807) is 36.5 Å². The fourth-order valence-corrected chi connectivity index (χ4v) is 5.85. The number of thiophene rings is 1. The summed E-state index contributed by atoms with van der Waals surface area (Å²) in [7, 11) is 0. The number of aromatic nitrogens is 2. The highest BCUT2D eigenvalue weighted by molar-refractivity contribution is 7.80. The normalized spacial score (nSPS) is 11.1. The molecule has 1 N–H and O–H groups in total. The molecule has 0 aliphatic rings. The van der Waals surface area contributed by atoms with E-state index in [1.165, 1.54) is 29.5 Å². The molecule has 214 valence electrons. The second-order valence-electron chi connectivity index (χ2n) is 9.95. The first kappa shape index (κ1) is 29.6. The summed E-state index contributed by atoms with van der Waals surface area (Å²) in [6.45, 7) is 3.81. The minimum absolute atomic E-state index is 0.0697. The van der Waals surface area contributed by atoms with Crippen molar-refractivity contribution >= 4 is 44.4 Å². The van der Waals surface area contributed by atoms with E-state index in [0.29, 0.717) is 16.2 Å². The lowest BCUT2D eigenvalue weighted by Crippen LogP contribution is -2.14. The van der Waals surface area contributed by atoms with Crippen LogP contribution in [0.3, 0.4) is 0 Å². The minimum atomic E-state index is -0.522. The maximum atomic E-state index is 15.1. The summed E-state index contributed by atoms with van der Waals surface area (Å²) in [4.78, 5) is 22.9. The van der Waals surface area contributed by atoms with Crippen LogP contribution < -0.4 is 10.1 Å². The van der Waals surface area contributed by atoms with E-state index in [9.17, 15) is 9.18 Å². The first-order valence-electron chi connectivity index (χ1n) is 13.7. The number of pyridine rings is 2. The number of ether oxygens (including phenoxy) is 1. The number of hydrogen-bond acceptors (Lipinski definition) is 7. The van der Waals surface area contributed by atoms with Gasteiger partial charge in [-0.05, 0) is 60.5 Å². The number of thiocarbonyl (C=S) groups is 1. The molecule has 5 rings (SSSR count). The molecule has 0 saturated carbocycles. The number of hydrogen-bond donors (Lipinski definition) is 1. The van der Waals surface area contributed by atoms with Crippen LogP contribution in [0, 0.1) is 11.6 Å². The zero-order valence-corrected chi connectivity index (χ0v) is 24.7. The standard InChI is InChI=1S/C33H29F2N3O2S2/c1-2-12-36-20-25-9-6-23(19-38-25)32-18-29-33(42-32)31(11-13-37-29)40-30-10-5-22(16-28(30)35)15-27(41)17-26(39)14-21-3-7-24(34)8-4-21/h3-11,13,16,18-19,36H,2,12,14-15,17,20H2,1H3. The predicted molar refractivity (Wildman–Crippen MR) is 167 cm³/mol. The van der Waals surface area contributed by atoms with E-state index in [0.717, 1.165) is 51.4 Å². The third-order valence-corrected chi connectivity index (χ3v) is 8.02. The molecule has 0 bridgehead atoms. The number of carbonyl (C=O) groups is 1. The van der Waals surface area contributed by atoms with Crippen molar-refractivity contribution in [3.05, 3.63) is 108 Å². The smallest absolute Gasteiger partial charge is 0.166 e. The Morgan fingerprint density at radius 3 is 2.50 bits per heavy atom. The van der Waals surface area contributed by atoms with E-state index in [-0.39, 0.29) is 36.6 Å². The fourth-order valence-electron chi connectivity index (χ4n) is 4.46. The summed E-state index contributed by atoms with van der Waals surface area (Å²) < 4.78 is 35.0. The lowest BCUT2D eigenvalue weighted by molar-refractivity contribution is -0.117. The molecule has 3 aromatic heterocycles. The summed E-state index contributed by atoms with van der Waals surface area (Å²) in [6, 6.07) is 18.3. The van der Waals surface area contributed by atoms with Gasteiger partial charge in [0.05, 0.1) is 15.9 Å². The van der Waals surface area contributed by atoms with Crippen molar-refractivity contribution < 1.29 is 18.3 Å². The van der Waals surface area contributed by atoms with Gasteiger partial charge < -0.3 is 10.1 Å². The third-order valence-electron chi connectivity index (χ3n) is 6.54. The Hall–Kier alpha value is -3.92. The SMILES string of the molecule is CCCNCc1ccc(-c2cc3nccc(Oc4ccc(CC(=S)CC(=O)Cc5ccc(F)cc5)cc4F)c3s2)cn1. The molecule has 0 amide bonds. The highest BCUT2D eigenvalue weighted by atomic mass is 32.1. The van der Waals surface area contributed by atoms with Crippen LogP contribution in [0.25, 0.3) is 20.7 Å². The molecule has 2 aromatic carbocycles. The Morgan fingerprint density at radius 1 is 0.952 bits per heavy atom. The number of halogens is 2. The van der Waals surface area contributed by atoms with Crippen molar-refractivity contribution in [2.24, 2.45) is 0 Å². The Bertz CT molecular complexity index is 1700. The monoisotopic (exact) mass is 601 g/mol. The van der Waals surface area contributed by atoms with Gasteiger partial charge in [-0.3, -0.25) is 14.8 Å². The number of ketones is 1. The maximum Gasteiger partial charge on any atom is 0.166 e. The van der Waals surface area contributed by atoms with Gasteiger partial charge in [-0.1, -0.05) is 43.4 Å². The van der Waals surface area contributed by atoms with Gasteiger partial charge in [-0.2, -0.15) is 0 Å². The van der Waals surface area contributed by atoms with Crippen LogP contribution in [0.15, 0.2) is 79.1 Å². The average Bonchev–Trinajstić information content (AvgIpc) is 3.41. The molecule has 0 spiro atoms. The van der Waals surface area contributed by atoms with Gasteiger partial charge in [0.25, 0.3) is 0 Å². The van der Waals surface area contributed by atoms with Crippen LogP contribution in [-0.2, 0) is 24.2 Å². The molecule has 0 aliphatic heterocycles. The van der Waals surface area contributed by atoms with E-state index in [1.807, 2.05) is 24.4 Å². The average molecular weight is 602 g/mol. The van der Waals surface area contributed by atoms with E-state index in [4.69, 9.17) is 17.0 Å². The molecular formula is C33H29F2N3O2S2. The fraction of sp³-hybridized carbons (Fsp3) is 0.212. The summed E-state index contributed by atoms with van der Waals surface area (Å²) >= 11 is 6.92. The topological polar surface area (TPSA) is 64.1 Å². The summed E-state index contributed by atoms with van der Waals surface area (Å²) in [5.41, 5.74) is 4.09. The number of rotatable bonds is 13. The first-order chi connectivity index (χ1) is 20.4. The van der Waals surface area contributed by atoms with Crippen LogP contribution in [0.1, 0.15) is 36.6 Å². The predicted octanol–water partition coefficient (Wildman–Crippen LogP) is 8.04. The van der Waals surface area contributed by atoms with Gasteiger partial charge in [0.2, 0.25) is 0 Å². The second kappa shape index (κ2) is 13.8. The lowest BCUT2D eigenvalue weighted by Gasteiger charge is -2.10. The molecule has 3 heterocycles. The van der Waals surface area contributed by atoms with Crippen molar-refractivity contribution in [1.29, 1.82) is 0 Å². The van der Waals surface area contributed by atoms with E-state index < -0.39 is 5.82 Å². The van der Waals surface area contributed by atoms with Crippen molar-refractivity contribution in [1.82, 2.24) is 15.3 Å². The molecule has 0 unspecified atom stereocenters. The van der Waals surface area contributed by atoms with Gasteiger partial charge in [0.1, 0.15) is 17.3 Å². The van der Waals surface area contributed by atoms with Gasteiger partial charge >= 0.3 is 0 Å². The number of benzene rings is 2. The summed E-state index contributed by atoms with van der Waals surface area (Å²) in [6.07, 6.45) is 5.12. The van der Waals surface area contributed by atoms with Crippen LogP contribution in [0.5, 0.6) is 11.5 Å². The first-order valence-corrected chi connectivity index (χ1v) is 14.9. The Kier molecular flexibility index (Phi) is 9.74. The number of nitrogens with one attached hydrogen (secondary N) is 1. The Morgan fingerprint density at radius 2 is 1.76 bits per heavy atom. The van der Waals surface area contributed by atoms with Gasteiger partial charge in [-0.15, -0.1) is 11.3 Å². The molecule has 0 atom stereocenters. The Labute approximate surface area is 252 Å². The molecule has 5 nitrogen and oxygen atoms in total. The third kappa shape index (κ3) is 7.67. The molecule has 0 fully saturated rings.